The van der Waals surface area contributed by atoms with Crippen molar-refractivity contribution in [2.24, 2.45) is 4.99 Å². The lowest BCUT2D eigenvalue weighted by Gasteiger charge is -2.32. The molecule has 2 amide bonds. The number of carbonyl (C=O) groups is 2. The molecule has 2 heterocycles. The first kappa shape index (κ1) is 28.2. The summed E-state index contributed by atoms with van der Waals surface area (Å²) in [6, 6.07) is 2.89. The van der Waals surface area contributed by atoms with E-state index in [0.717, 1.165) is 0 Å². The number of amides is 2. The monoisotopic (exact) mass is 601 g/mol. The van der Waals surface area contributed by atoms with Crippen LogP contribution in [-0.4, -0.2) is 60.6 Å². The average Bonchev–Trinajstić information content (AvgIpc) is 3.19. The van der Waals surface area contributed by atoms with Gasteiger partial charge in [0.25, 0.3) is 5.91 Å². The number of halogens is 3. The van der Waals surface area contributed by atoms with Gasteiger partial charge in [-0.1, -0.05) is 34.8 Å². The predicted octanol–water partition coefficient (Wildman–Crippen LogP) is 6.02. The van der Waals surface area contributed by atoms with Gasteiger partial charge >= 0.3 is 0 Å². The van der Waals surface area contributed by atoms with Gasteiger partial charge in [-0.2, -0.15) is 0 Å². The van der Waals surface area contributed by atoms with Crippen LogP contribution >= 0.6 is 34.8 Å². The molecule has 0 atom stereocenters. The highest BCUT2D eigenvalue weighted by atomic mass is 35.5. The van der Waals surface area contributed by atoms with Gasteiger partial charge in [0, 0.05) is 37.9 Å². The van der Waals surface area contributed by atoms with Gasteiger partial charge in [0.2, 0.25) is 5.91 Å². The maximum Gasteiger partial charge on any atom is 0.259 e. The fourth-order valence-electron chi connectivity index (χ4n) is 5.15. The Morgan fingerprint density at radius 3 is 2.55 bits per heavy atom. The van der Waals surface area contributed by atoms with Crippen LogP contribution < -0.4 is 10.6 Å². The maximum absolute atomic E-state index is 13.7. The molecule has 3 aliphatic rings. The van der Waals surface area contributed by atoms with Crippen LogP contribution in [0.4, 0.5) is 17.1 Å². The van der Waals surface area contributed by atoms with E-state index in [1.165, 1.54) is 12.1 Å². The molecule has 9 nitrogen and oxygen atoms in total. The van der Waals surface area contributed by atoms with Crippen molar-refractivity contribution >= 4 is 75.1 Å². The Labute approximate surface area is 246 Å². The van der Waals surface area contributed by atoms with Gasteiger partial charge in [0.1, 0.15) is 5.75 Å². The van der Waals surface area contributed by atoms with Crippen molar-refractivity contribution in [2.75, 3.05) is 37.9 Å². The fraction of sp³-hybridized carbons (Fsp3) is 0.286. The molecular formula is C28H26Cl3N5O4. The summed E-state index contributed by atoms with van der Waals surface area (Å²) in [6.45, 7) is 2.33. The third-order valence-electron chi connectivity index (χ3n) is 7.36. The minimum absolute atomic E-state index is 0.108. The van der Waals surface area contributed by atoms with Crippen molar-refractivity contribution in [2.45, 2.75) is 25.2 Å². The van der Waals surface area contributed by atoms with Crippen molar-refractivity contribution < 1.29 is 19.4 Å². The molecular weight excluding hydrogens is 577 g/mol. The predicted molar refractivity (Wildman–Crippen MR) is 158 cm³/mol. The average molecular weight is 603 g/mol. The number of phenols is 1. The normalized spacial score (nSPS) is 18.6. The Bertz CT molecular complexity index is 1570. The molecule has 1 saturated heterocycles. The van der Waals surface area contributed by atoms with Crippen LogP contribution in [0.25, 0.3) is 0 Å². The van der Waals surface area contributed by atoms with Crippen molar-refractivity contribution in [1.82, 2.24) is 4.90 Å². The first-order chi connectivity index (χ1) is 18.9. The van der Waals surface area contributed by atoms with Crippen LogP contribution in [0.5, 0.6) is 5.75 Å². The largest absolute Gasteiger partial charge is 0.507 e. The number of nitrogens with one attached hydrogen (secondary N) is 3. The topological polar surface area (TPSA) is 127 Å². The number of anilines is 2. The van der Waals surface area contributed by atoms with Crippen molar-refractivity contribution in [3.8, 4) is 5.75 Å². The second-order valence-corrected chi connectivity index (χ2v) is 11.2. The van der Waals surface area contributed by atoms with Crippen molar-refractivity contribution in [1.29, 1.82) is 5.41 Å². The Kier molecular flexibility index (Phi) is 7.43. The molecule has 5 rings (SSSR count). The van der Waals surface area contributed by atoms with E-state index in [-0.39, 0.29) is 38.6 Å². The van der Waals surface area contributed by atoms with Gasteiger partial charge in [-0.15, -0.1) is 0 Å². The van der Waals surface area contributed by atoms with E-state index in [1.54, 1.807) is 25.2 Å². The fourth-order valence-corrected chi connectivity index (χ4v) is 6.00. The van der Waals surface area contributed by atoms with Gasteiger partial charge in [-0.25, -0.2) is 4.99 Å². The first-order valence-corrected chi connectivity index (χ1v) is 13.6. The summed E-state index contributed by atoms with van der Waals surface area (Å²) in [5.41, 5.74) is 1.89. The third kappa shape index (κ3) is 4.66. The molecule has 0 aromatic heterocycles. The number of ether oxygens (including phenoxy) is 1. The van der Waals surface area contributed by atoms with E-state index < -0.39 is 11.3 Å². The van der Waals surface area contributed by atoms with Crippen LogP contribution in [0, 0.1) is 12.3 Å². The zero-order valence-electron chi connectivity index (χ0n) is 21.9. The Balaban J connectivity index is 1.70. The number of rotatable bonds is 4. The smallest absolute Gasteiger partial charge is 0.259 e. The second-order valence-electron chi connectivity index (χ2n) is 10.0. The van der Waals surface area contributed by atoms with E-state index in [0.29, 0.717) is 65.0 Å². The third-order valence-corrected chi connectivity index (χ3v) is 8.52. The summed E-state index contributed by atoms with van der Waals surface area (Å²) in [5, 5.41) is 25.8. The zero-order valence-corrected chi connectivity index (χ0v) is 24.2. The zero-order chi connectivity index (χ0) is 28.9. The van der Waals surface area contributed by atoms with E-state index in [1.807, 2.05) is 19.0 Å². The summed E-state index contributed by atoms with van der Waals surface area (Å²) in [7, 11) is 3.66. The van der Waals surface area contributed by atoms with E-state index in [9.17, 15) is 14.7 Å². The Hall–Kier alpha value is -3.37. The summed E-state index contributed by atoms with van der Waals surface area (Å²) in [5.74, 6) is -1.32. The van der Waals surface area contributed by atoms with Crippen LogP contribution in [0.15, 0.2) is 41.1 Å². The van der Waals surface area contributed by atoms with E-state index in [4.69, 9.17) is 49.9 Å². The highest BCUT2D eigenvalue weighted by molar-refractivity contribution is 6.43. The molecule has 0 unspecified atom stereocenters. The van der Waals surface area contributed by atoms with E-state index in [2.05, 4.69) is 10.6 Å². The summed E-state index contributed by atoms with van der Waals surface area (Å²) < 4.78 is 5.51. The number of benzene rings is 2. The van der Waals surface area contributed by atoms with Gasteiger partial charge in [-0.05, 0) is 55.7 Å². The summed E-state index contributed by atoms with van der Waals surface area (Å²) >= 11 is 19.0. The number of carbonyl (C=O) groups excluding carboxylic acids is 2. The second kappa shape index (κ2) is 10.6. The molecule has 4 N–H and O–H groups in total. The number of fused-ring (bicyclic) bond motifs is 2. The highest BCUT2D eigenvalue weighted by Gasteiger charge is 2.51. The number of hydrogen-bond acceptors (Lipinski definition) is 7. The molecule has 1 spiro atoms. The standard InChI is InChI=1S/C28H26Cl3N5O4/c1-13-16(29)12-17(30)23(22(13)31)34-26(38)15-11-19(33-18-5-4-14(32)10-20(18)36(2)3)24-21(25(15)37)28(27(39)35-24)6-8-40-9-7-28/h4-5,10-12,32,37H,6-9H2,1-3H3,(H,34,38)(H,35,39). The molecule has 0 bridgehead atoms. The number of allylic oxidation sites excluding steroid dienone is 3. The van der Waals surface area contributed by atoms with Gasteiger partial charge in [0.05, 0.1) is 55.2 Å². The summed E-state index contributed by atoms with van der Waals surface area (Å²) in [4.78, 5) is 33.7. The lowest BCUT2D eigenvalue weighted by Crippen LogP contribution is -2.40. The van der Waals surface area contributed by atoms with Crippen LogP contribution in [0.3, 0.4) is 0 Å². The first-order valence-electron chi connectivity index (χ1n) is 12.4. The Morgan fingerprint density at radius 1 is 1.18 bits per heavy atom. The number of hydrogen-bond donors (Lipinski definition) is 4. The molecule has 2 aliphatic heterocycles. The molecule has 208 valence electrons. The van der Waals surface area contributed by atoms with Crippen molar-refractivity contribution in [3.05, 3.63) is 67.8 Å². The molecule has 0 saturated carbocycles. The number of nitrogens with zero attached hydrogens (tertiary/aromatic N) is 2. The lowest BCUT2D eigenvalue weighted by molar-refractivity contribution is -0.124. The SMILES string of the molecule is Cc1c(Cl)cc(Cl)c(NC(=O)c2cc(N=C3C=CC(=N)C=C3N(C)C)c3c(c2O)C2(CCOCC2)C(=O)N3)c1Cl. The van der Waals surface area contributed by atoms with Gasteiger partial charge in [0.15, 0.2) is 0 Å². The lowest BCUT2D eigenvalue weighted by atomic mass is 9.74. The van der Waals surface area contributed by atoms with Gasteiger partial charge in [-0.3, -0.25) is 9.59 Å². The molecule has 2 aromatic rings. The molecule has 12 heteroatoms. The molecule has 1 fully saturated rings. The minimum Gasteiger partial charge on any atom is -0.507 e. The maximum atomic E-state index is 13.7. The van der Waals surface area contributed by atoms with Crippen molar-refractivity contribution in [3.63, 3.8) is 0 Å². The number of aliphatic imine (C=N–C) groups is 1. The molecule has 0 radical (unpaired) electrons. The summed E-state index contributed by atoms with van der Waals surface area (Å²) in [6.07, 6.45) is 5.61. The Morgan fingerprint density at radius 2 is 1.88 bits per heavy atom. The molecule has 1 aliphatic carbocycles. The van der Waals surface area contributed by atoms with Crippen LogP contribution in [0.1, 0.15) is 34.3 Å². The highest BCUT2D eigenvalue weighted by Crippen LogP contribution is 2.53. The molecule has 40 heavy (non-hydrogen) atoms. The van der Waals surface area contributed by atoms with Crippen LogP contribution in [-0.2, 0) is 14.9 Å². The van der Waals surface area contributed by atoms with Gasteiger partial charge < -0.3 is 30.8 Å². The number of aromatic hydroxyl groups is 1. The molecule has 2 aromatic carbocycles. The minimum atomic E-state index is -1.08. The number of phenolic OH excluding ortho intramolecular Hbond substituents is 1. The van der Waals surface area contributed by atoms with E-state index >= 15 is 0 Å². The van der Waals surface area contributed by atoms with Crippen LogP contribution in [0.2, 0.25) is 15.1 Å². The quantitative estimate of drug-likeness (QED) is 0.318.